The minimum absolute atomic E-state index is 0. The summed E-state index contributed by atoms with van der Waals surface area (Å²) in [7, 11) is 0. The van der Waals surface area contributed by atoms with Crippen LogP contribution in [0.5, 0.6) is 0 Å². The topological polar surface area (TPSA) is 94.0 Å². The summed E-state index contributed by atoms with van der Waals surface area (Å²) in [5, 5.41) is 2.58. The van der Waals surface area contributed by atoms with Crippen molar-refractivity contribution >= 4 is 36.4 Å². The minimum atomic E-state index is -1.80. The summed E-state index contributed by atoms with van der Waals surface area (Å²) in [5.74, 6) is -3.02. The lowest BCUT2D eigenvalue weighted by Gasteiger charge is -2.13. The molecular formula is C19H20Cl2F4N4O. The van der Waals surface area contributed by atoms with Crippen molar-refractivity contribution in [3.05, 3.63) is 58.9 Å². The summed E-state index contributed by atoms with van der Waals surface area (Å²) in [6.07, 6.45) is 1.85. The maximum atomic E-state index is 13.7. The van der Waals surface area contributed by atoms with E-state index < -0.39 is 41.0 Å². The molecule has 5 N–H and O–H groups in total. The lowest BCUT2D eigenvalue weighted by molar-refractivity contribution is -0.117. The number of hydrogen-bond acceptors (Lipinski definition) is 4. The number of unbranched alkanes of at least 4 members (excludes halogenated alkanes) is 1. The van der Waals surface area contributed by atoms with Gasteiger partial charge in [0.05, 0.1) is 11.7 Å². The Bertz CT molecular complexity index is 908. The summed E-state index contributed by atoms with van der Waals surface area (Å²) in [4.78, 5) is 14.7. The van der Waals surface area contributed by atoms with E-state index in [0.29, 0.717) is 19.4 Å². The SMILES string of the molecule is Cl.Cl.NCCCC[C@H](N)C(=O)Nc1ccccc1C#Cc1c(F)c(F)nc(F)c1F. The van der Waals surface area contributed by atoms with E-state index in [1.54, 1.807) is 12.1 Å². The first-order chi connectivity index (χ1) is 13.3. The van der Waals surface area contributed by atoms with Gasteiger partial charge in [-0.3, -0.25) is 4.79 Å². The second-order valence-electron chi connectivity index (χ2n) is 5.87. The predicted molar refractivity (Wildman–Crippen MR) is 110 cm³/mol. The number of rotatable bonds is 6. The molecule has 0 aliphatic rings. The molecule has 0 saturated carbocycles. The van der Waals surface area contributed by atoms with Gasteiger partial charge in [0, 0.05) is 5.56 Å². The van der Waals surface area contributed by atoms with Crippen LogP contribution >= 0.6 is 24.8 Å². The minimum Gasteiger partial charge on any atom is -0.330 e. The van der Waals surface area contributed by atoms with Crippen LogP contribution in [-0.4, -0.2) is 23.5 Å². The molecule has 1 atom stereocenters. The van der Waals surface area contributed by atoms with Gasteiger partial charge in [0.25, 0.3) is 11.9 Å². The van der Waals surface area contributed by atoms with E-state index in [1.165, 1.54) is 12.1 Å². The van der Waals surface area contributed by atoms with Crippen molar-refractivity contribution in [2.45, 2.75) is 25.3 Å². The van der Waals surface area contributed by atoms with Crippen molar-refractivity contribution in [2.24, 2.45) is 11.5 Å². The van der Waals surface area contributed by atoms with Crippen LogP contribution in [0.2, 0.25) is 0 Å². The van der Waals surface area contributed by atoms with Crippen molar-refractivity contribution in [3.63, 3.8) is 0 Å². The predicted octanol–water partition coefficient (Wildman–Crippen LogP) is 3.28. The number of anilines is 1. The van der Waals surface area contributed by atoms with E-state index >= 15 is 0 Å². The smallest absolute Gasteiger partial charge is 0.253 e. The number of benzene rings is 1. The lowest BCUT2D eigenvalue weighted by Crippen LogP contribution is -2.35. The van der Waals surface area contributed by atoms with Crippen molar-refractivity contribution in [2.75, 3.05) is 11.9 Å². The number of aromatic nitrogens is 1. The van der Waals surface area contributed by atoms with E-state index in [2.05, 4.69) is 16.2 Å². The number of nitrogens with zero attached hydrogens (tertiary/aromatic N) is 1. The number of pyridine rings is 1. The molecule has 30 heavy (non-hydrogen) atoms. The number of amides is 1. The Morgan fingerprint density at radius 1 is 1.03 bits per heavy atom. The van der Waals surface area contributed by atoms with Crippen LogP contribution in [-0.2, 0) is 4.79 Å². The van der Waals surface area contributed by atoms with Gasteiger partial charge < -0.3 is 16.8 Å². The van der Waals surface area contributed by atoms with Gasteiger partial charge in [-0.05, 0) is 31.5 Å². The standard InChI is InChI=1S/C19H18F4N4O.2ClH/c20-15-12(16(21)18(23)27-17(15)22)9-8-11-5-1-2-7-14(11)26-19(28)13(25)6-3-4-10-24;;/h1-2,5,7,13H,3-4,6,10,24-25H2,(H,26,28);2*1H/t13-;;/m0../s1. The Labute approximate surface area is 183 Å². The lowest BCUT2D eigenvalue weighted by atomic mass is 10.1. The first-order valence-electron chi connectivity index (χ1n) is 8.42. The zero-order valence-electron chi connectivity index (χ0n) is 15.6. The maximum Gasteiger partial charge on any atom is 0.253 e. The number of carbonyl (C=O) groups excluding carboxylic acids is 1. The zero-order chi connectivity index (χ0) is 20.7. The van der Waals surface area contributed by atoms with Crippen LogP contribution in [0.1, 0.15) is 30.4 Å². The molecule has 0 saturated heterocycles. The molecule has 0 bridgehead atoms. The number of nitrogens with two attached hydrogens (primary N) is 2. The fraction of sp³-hybridized carbons (Fsp3) is 0.263. The van der Waals surface area contributed by atoms with Crippen molar-refractivity contribution in [3.8, 4) is 11.8 Å². The highest BCUT2D eigenvalue weighted by Gasteiger charge is 2.19. The fourth-order valence-corrected chi connectivity index (χ4v) is 2.29. The average Bonchev–Trinajstić information content (AvgIpc) is 2.67. The van der Waals surface area contributed by atoms with E-state index in [4.69, 9.17) is 11.5 Å². The molecule has 11 heteroatoms. The number of halogens is 6. The van der Waals surface area contributed by atoms with E-state index in [1.807, 2.05) is 5.92 Å². The van der Waals surface area contributed by atoms with Gasteiger partial charge in [0.2, 0.25) is 5.91 Å². The monoisotopic (exact) mass is 466 g/mol. The average molecular weight is 467 g/mol. The molecule has 0 unspecified atom stereocenters. The Morgan fingerprint density at radius 2 is 1.63 bits per heavy atom. The zero-order valence-corrected chi connectivity index (χ0v) is 17.2. The molecule has 2 rings (SSSR count). The molecule has 164 valence electrons. The Hall–Kier alpha value is -2.38. The van der Waals surface area contributed by atoms with Gasteiger partial charge >= 0.3 is 0 Å². The molecule has 0 spiro atoms. The molecule has 0 radical (unpaired) electrons. The van der Waals surface area contributed by atoms with Gasteiger partial charge in [0.15, 0.2) is 11.6 Å². The molecule has 5 nitrogen and oxygen atoms in total. The van der Waals surface area contributed by atoms with Gasteiger partial charge in [-0.1, -0.05) is 30.4 Å². The van der Waals surface area contributed by atoms with Gasteiger partial charge in [0.1, 0.15) is 5.56 Å². The quantitative estimate of drug-likeness (QED) is 0.263. The molecule has 0 aliphatic carbocycles. The summed E-state index contributed by atoms with van der Waals surface area (Å²) < 4.78 is 53.7. The van der Waals surface area contributed by atoms with Crippen LogP contribution in [0, 0.1) is 35.4 Å². The van der Waals surface area contributed by atoms with Crippen molar-refractivity contribution < 1.29 is 22.4 Å². The number of nitrogens with one attached hydrogen (secondary N) is 1. The van der Waals surface area contributed by atoms with Crippen LogP contribution in [0.15, 0.2) is 24.3 Å². The molecule has 2 aromatic rings. The molecule has 1 heterocycles. The van der Waals surface area contributed by atoms with Gasteiger partial charge in [-0.25, -0.2) is 8.78 Å². The number of carbonyl (C=O) groups is 1. The van der Waals surface area contributed by atoms with Crippen LogP contribution < -0.4 is 16.8 Å². The fourth-order valence-electron chi connectivity index (χ4n) is 2.29. The highest BCUT2D eigenvalue weighted by Crippen LogP contribution is 2.18. The first kappa shape index (κ1) is 27.6. The third kappa shape index (κ3) is 7.15. The van der Waals surface area contributed by atoms with Gasteiger partial charge in [-0.2, -0.15) is 13.8 Å². The number of para-hydroxylation sites is 1. The molecule has 0 aliphatic heterocycles. The van der Waals surface area contributed by atoms with Crippen LogP contribution in [0.3, 0.4) is 0 Å². The third-order valence-corrected chi connectivity index (χ3v) is 3.81. The Balaban J connectivity index is 0.00000420. The van der Waals surface area contributed by atoms with E-state index in [-0.39, 0.29) is 36.1 Å². The van der Waals surface area contributed by atoms with Crippen LogP contribution in [0.25, 0.3) is 0 Å². The van der Waals surface area contributed by atoms with Crippen molar-refractivity contribution in [1.82, 2.24) is 4.98 Å². The molecule has 1 amide bonds. The maximum absolute atomic E-state index is 13.7. The summed E-state index contributed by atoms with van der Waals surface area (Å²) in [5.41, 5.74) is 10.5. The molecular weight excluding hydrogens is 447 g/mol. The first-order valence-corrected chi connectivity index (χ1v) is 8.42. The molecule has 1 aromatic heterocycles. The molecule has 1 aromatic carbocycles. The third-order valence-electron chi connectivity index (χ3n) is 3.81. The second-order valence-corrected chi connectivity index (χ2v) is 5.87. The Kier molecular flexibility index (Phi) is 12.0. The second kappa shape index (κ2) is 13.0. The highest BCUT2D eigenvalue weighted by molar-refractivity contribution is 5.95. The Morgan fingerprint density at radius 3 is 2.23 bits per heavy atom. The highest BCUT2D eigenvalue weighted by atomic mass is 35.5. The number of hydrogen-bond donors (Lipinski definition) is 3. The summed E-state index contributed by atoms with van der Waals surface area (Å²) in [6.45, 7) is 0.496. The normalized spacial score (nSPS) is 10.7. The summed E-state index contributed by atoms with van der Waals surface area (Å²) >= 11 is 0. The largest absolute Gasteiger partial charge is 0.330 e. The van der Waals surface area contributed by atoms with Crippen LogP contribution in [0.4, 0.5) is 23.2 Å². The summed E-state index contributed by atoms with van der Waals surface area (Å²) in [6, 6.07) is 5.38. The van der Waals surface area contributed by atoms with Gasteiger partial charge in [-0.15, -0.1) is 24.8 Å². The van der Waals surface area contributed by atoms with E-state index in [0.717, 1.165) is 6.42 Å². The molecule has 0 fully saturated rings. The van der Waals surface area contributed by atoms with E-state index in [9.17, 15) is 22.4 Å². The van der Waals surface area contributed by atoms with Crippen molar-refractivity contribution in [1.29, 1.82) is 0 Å².